The highest BCUT2D eigenvalue weighted by atomic mass is 35.5. The van der Waals surface area contributed by atoms with Crippen LogP contribution in [-0.2, 0) is 6.18 Å². The van der Waals surface area contributed by atoms with Crippen LogP contribution >= 0.6 is 11.6 Å². The zero-order valence-corrected chi connectivity index (χ0v) is 9.80. The first-order chi connectivity index (χ1) is 8.32. The van der Waals surface area contributed by atoms with Crippen LogP contribution in [-0.4, -0.2) is 14.8 Å². The van der Waals surface area contributed by atoms with E-state index in [-0.39, 0.29) is 10.8 Å². The number of rotatable bonds is 1. The molecule has 0 unspecified atom stereocenters. The van der Waals surface area contributed by atoms with Gasteiger partial charge < -0.3 is 0 Å². The number of aromatic nitrogens is 3. The van der Waals surface area contributed by atoms with E-state index in [4.69, 9.17) is 11.6 Å². The van der Waals surface area contributed by atoms with E-state index in [1.54, 1.807) is 0 Å². The summed E-state index contributed by atoms with van der Waals surface area (Å²) in [6.07, 6.45) is -3.25. The zero-order valence-electron chi connectivity index (χ0n) is 9.05. The Morgan fingerprint density at radius 1 is 1.44 bits per heavy atom. The van der Waals surface area contributed by atoms with Crippen LogP contribution in [0.25, 0.3) is 5.69 Å². The molecular formula is C10H7ClF3N3O. The fourth-order valence-corrected chi connectivity index (χ4v) is 1.71. The number of alkyl halides is 3. The van der Waals surface area contributed by atoms with Crippen molar-refractivity contribution < 1.29 is 13.2 Å². The summed E-state index contributed by atoms with van der Waals surface area (Å²) in [5.41, 5.74) is -2.24. The van der Waals surface area contributed by atoms with E-state index in [2.05, 4.69) is 4.98 Å². The van der Waals surface area contributed by atoms with Crippen LogP contribution in [0.5, 0.6) is 0 Å². The second-order valence-corrected chi connectivity index (χ2v) is 3.92. The maximum atomic E-state index is 12.6. The number of nitrogens with zero attached hydrogens (tertiary/aromatic N) is 2. The highest BCUT2D eigenvalue weighted by Gasteiger charge is 2.36. The normalized spacial score (nSPS) is 11.8. The number of aromatic amines is 1. The molecule has 2 heterocycles. The van der Waals surface area contributed by atoms with Gasteiger partial charge in [-0.15, -0.1) is 0 Å². The molecule has 2 aromatic rings. The summed E-state index contributed by atoms with van der Waals surface area (Å²) in [4.78, 5) is 15.4. The summed E-state index contributed by atoms with van der Waals surface area (Å²) in [5, 5.41) is 1.94. The fraction of sp³-hybridized carbons (Fsp3) is 0.200. The molecule has 18 heavy (non-hydrogen) atoms. The monoisotopic (exact) mass is 277 g/mol. The Morgan fingerprint density at radius 2 is 2.11 bits per heavy atom. The Labute approximate surface area is 104 Å². The van der Waals surface area contributed by atoms with Gasteiger partial charge in [0.2, 0.25) is 0 Å². The van der Waals surface area contributed by atoms with Gasteiger partial charge in [-0.3, -0.25) is 9.89 Å². The molecule has 0 atom stereocenters. The lowest BCUT2D eigenvalue weighted by atomic mass is 10.3. The number of hydrogen-bond donors (Lipinski definition) is 1. The molecule has 0 aromatic carbocycles. The summed E-state index contributed by atoms with van der Waals surface area (Å²) in [7, 11) is 0. The van der Waals surface area contributed by atoms with Gasteiger partial charge in [-0.2, -0.15) is 13.2 Å². The molecule has 96 valence electrons. The predicted molar refractivity (Wildman–Crippen MR) is 58.9 cm³/mol. The second kappa shape index (κ2) is 4.16. The summed E-state index contributed by atoms with van der Waals surface area (Å²) in [5.74, 6) is 0. The van der Waals surface area contributed by atoms with Gasteiger partial charge in [0.05, 0.1) is 0 Å². The minimum atomic E-state index is -4.62. The van der Waals surface area contributed by atoms with Crippen molar-refractivity contribution in [1.29, 1.82) is 0 Å². The van der Waals surface area contributed by atoms with E-state index in [0.717, 1.165) is 11.6 Å². The van der Waals surface area contributed by atoms with Gasteiger partial charge >= 0.3 is 6.18 Å². The van der Waals surface area contributed by atoms with Crippen LogP contribution < -0.4 is 5.56 Å². The van der Waals surface area contributed by atoms with Crippen molar-refractivity contribution in [3.63, 3.8) is 0 Å². The Hall–Kier alpha value is -1.76. The molecule has 0 amide bonds. The molecule has 0 radical (unpaired) electrons. The third-order valence-electron chi connectivity index (χ3n) is 2.39. The first-order valence-electron chi connectivity index (χ1n) is 4.82. The standard InChI is InChI=1S/C10H7ClF3N3O/c1-5-7(10(12,13)14)16-17(9(5)18)6-3-2-4-15-8(6)11/h2-4,16H,1H3. The molecule has 2 rings (SSSR count). The van der Waals surface area contributed by atoms with E-state index < -0.39 is 23.0 Å². The molecule has 8 heteroatoms. The lowest BCUT2D eigenvalue weighted by molar-refractivity contribution is -0.141. The minimum Gasteiger partial charge on any atom is -0.286 e. The van der Waals surface area contributed by atoms with Gasteiger partial charge in [-0.1, -0.05) is 11.6 Å². The molecule has 0 saturated heterocycles. The number of hydrogen-bond acceptors (Lipinski definition) is 2. The number of H-pyrrole nitrogens is 1. The van der Waals surface area contributed by atoms with Crippen molar-refractivity contribution in [1.82, 2.24) is 14.8 Å². The van der Waals surface area contributed by atoms with Crippen molar-refractivity contribution in [2.24, 2.45) is 0 Å². The molecule has 2 aromatic heterocycles. The second-order valence-electron chi connectivity index (χ2n) is 3.56. The summed E-state index contributed by atoms with van der Waals surface area (Å²) < 4.78 is 38.6. The lowest BCUT2D eigenvalue weighted by Crippen LogP contribution is -2.16. The number of nitrogens with one attached hydrogen (secondary N) is 1. The number of halogens is 4. The third-order valence-corrected chi connectivity index (χ3v) is 2.68. The molecular weight excluding hydrogens is 271 g/mol. The maximum Gasteiger partial charge on any atom is 0.433 e. The van der Waals surface area contributed by atoms with E-state index in [0.29, 0.717) is 0 Å². The third kappa shape index (κ3) is 2.01. The first kappa shape index (κ1) is 12.7. The zero-order chi connectivity index (χ0) is 13.5. The SMILES string of the molecule is Cc1c(C(F)(F)F)[nH]n(-c2cccnc2Cl)c1=O. The van der Waals surface area contributed by atoms with Crippen molar-refractivity contribution in [3.8, 4) is 5.69 Å². The summed E-state index contributed by atoms with van der Waals surface area (Å²) in [6.45, 7) is 1.10. The Kier molecular flexibility index (Phi) is 2.94. The van der Waals surface area contributed by atoms with Gasteiger partial charge in [-0.25, -0.2) is 9.67 Å². The van der Waals surface area contributed by atoms with Crippen molar-refractivity contribution in [3.05, 3.63) is 45.1 Å². The molecule has 0 fully saturated rings. The average Bonchev–Trinajstić information content (AvgIpc) is 2.57. The maximum absolute atomic E-state index is 12.6. The number of pyridine rings is 1. The van der Waals surface area contributed by atoms with Gasteiger partial charge in [0, 0.05) is 11.8 Å². The van der Waals surface area contributed by atoms with Gasteiger partial charge in [0.15, 0.2) is 5.15 Å². The summed E-state index contributed by atoms with van der Waals surface area (Å²) >= 11 is 5.73. The Bertz CT molecular complexity index is 645. The van der Waals surface area contributed by atoms with E-state index in [1.807, 2.05) is 5.10 Å². The predicted octanol–water partition coefficient (Wildman–Crippen LogP) is 2.54. The van der Waals surface area contributed by atoms with Crippen LogP contribution in [0, 0.1) is 6.92 Å². The van der Waals surface area contributed by atoms with Gasteiger partial charge in [0.25, 0.3) is 5.56 Å². The molecule has 0 spiro atoms. The van der Waals surface area contributed by atoms with E-state index in [1.165, 1.54) is 18.3 Å². The highest BCUT2D eigenvalue weighted by Crippen LogP contribution is 2.29. The molecule has 0 bridgehead atoms. The minimum absolute atomic E-state index is 0.0606. The van der Waals surface area contributed by atoms with E-state index >= 15 is 0 Å². The average molecular weight is 278 g/mol. The first-order valence-corrected chi connectivity index (χ1v) is 5.20. The molecule has 1 N–H and O–H groups in total. The Morgan fingerprint density at radius 3 is 2.61 bits per heavy atom. The molecule has 0 aliphatic rings. The lowest BCUT2D eigenvalue weighted by Gasteiger charge is -2.05. The van der Waals surface area contributed by atoms with E-state index in [9.17, 15) is 18.0 Å². The van der Waals surface area contributed by atoms with Crippen molar-refractivity contribution in [2.45, 2.75) is 13.1 Å². The quantitative estimate of drug-likeness (QED) is 0.815. The van der Waals surface area contributed by atoms with Crippen LogP contribution in [0.3, 0.4) is 0 Å². The van der Waals surface area contributed by atoms with Crippen LogP contribution in [0.2, 0.25) is 5.15 Å². The topological polar surface area (TPSA) is 50.7 Å². The van der Waals surface area contributed by atoms with Crippen molar-refractivity contribution in [2.75, 3.05) is 0 Å². The fourth-order valence-electron chi connectivity index (χ4n) is 1.51. The summed E-state index contributed by atoms with van der Waals surface area (Å²) in [6, 6.07) is 2.86. The molecule has 0 aliphatic carbocycles. The van der Waals surface area contributed by atoms with Gasteiger partial charge in [0.1, 0.15) is 11.4 Å². The smallest absolute Gasteiger partial charge is 0.286 e. The molecule has 0 saturated carbocycles. The van der Waals surface area contributed by atoms with Crippen LogP contribution in [0.4, 0.5) is 13.2 Å². The Balaban J connectivity index is 2.69. The van der Waals surface area contributed by atoms with Crippen molar-refractivity contribution >= 4 is 11.6 Å². The largest absolute Gasteiger partial charge is 0.433 e. The van der Waals surface area contributed by atoms with Crippen LogP contribution in [0.15, 0.2) is 23.1 Å². The molecule has 4 nitrogen and oxygen atoms in total. The van der Waals surface area contributed by atoms with Crippen LogP contribution in [0.1, 0.15) is 11.3 Å². The highest BCUT2D eigenvalue weighted by molar-refractivity contribution is 6.31. The van der Waals surface area contributed by atoms with Gasteiger partial charge in [-0.05, 0) is 19.1 Å². The molecule has 0 aliphatic heterocycles.